The summed E-state index contributed by atoms with van der Waals surface area (Å²) in [4.78, 5) is 34.1. The number of aryl methyl sites for hydroxylation is 2. The van der Waals surface area contributed by atoms with Crippen molar-refractivity contribution in [1.82, 2.24) is 14.9 Å². The van der Waals surface area contributed by atoms with Crippen molar-refractivity contribution >= 4 is 17.5 Å². The molecule has 1 aromatic heterocycles. The van der Waals surface area contributed by atoms with Crippen LogP contribution in [0.15, 0.2) is 41.9 Å². The lowest BCUT2D eigenvalue weighted by Crippen LogP contribution is -2.40. The number of guanidine groups is 1. The molecule has 0 radical (unpaired) electrons. The fraction of sp³-hybridized carbons (Fsp3) is 0.586. The predicted molar refractivity (Wildman–Crippen MR) is 150 cm³/mol. The van der Waals surface area contributed by atoms with Crippen LogP contribution < -0.4 is 15.8 Å². The largest absolute Gasteiger partial charge is 0.504 e. The Morgan fingerprint density at radius 1 is 1.21 bits per heavy atom. The molecule has 0 amide bonds. The van der Waals surface area contributed by atoms with Crippen LogP contribution in [0.4, 0.5) is 0 Å². The number of nitrogens with zero attached hydrogens (tertiary/aromatic N) is 3. The Balaban J connectivity index is 1.50. The van der Waals surface area contributed by atoms with Crippen molar-refractivity contribution in [3.8, 4) is 11.5 Å². The molecule has 39 heavy (non-hydrogen) atoms. The predicted octanol–water partition coefficient (Wildman–Crippen LogP) is 3.14. The Labute approximate surface area is 230 Å². The van der Waals surface area contributed by atoms with Gasteiger partial charge in [0.1, 0.15) is 11.6 Å². The van der Waals surface area contributed by atoms with Crippen molar-refractivity contribution < 1.29 is 24.5 Å². The Kier molecular flexibility index (Phi) is 12.3. The van der Waals surface area contributed by atoms with E-state index in [2.05, 4.69) is 15.3 Å². The molecule has 2 aromatic rings. The number of nitrogens with two attached hydrogens (primary N) is 1. The summed E-state index contributed by atoms with van der Waals surface area (Å²) in [5, 5.41) is 22.9. The molecule has 1 aliphatic rings. The van der Waals surface area contributed by atoms with Crippen molar-refractivity contribution in [1.29, 1.82) is 0 Å². The summed E-state index contributed by atoms with van der Waals surface area (Å²) >= 11 is 0. The number of aliphatic hydroxyl groups is 1. The molecular formula is C29H43N5O5. The van der Waals surface area contributed by atoms with Gasteiger partial charge in [-0.15, -0.1) is 0 Å². The minimum absolute atomic E-state index is 0.0195. The number of hydrogen-bond acceptors (Lipinski definition) is 7. The number of nitrogens with one attached hydrogen (secondary N) is 1. The van der Waals surface area contributed by atoms with Crippen LogP contribution >= 0.6 is 0 Å². The van der Waals surface area contributed by atoms with Gasteiger partial charge in [0, 0.05) is 51.5 Å². The second-order valence-electron chi connectivity index (χ2n) is 10.3. The summed E-state index contributed by atoms with van der Waals surface area (Å²) in [5.74, 6) is -0.250. The van der Waals surface area contributed by atoms with E-state index in [0.717, 1.165) is 44.2 Å². The number of rotatable bonds is 17. The minimum Gasteiger partial charge on any atom is -0.504 e. The lowest BCUT2D eigenvalue weighted by atomic mass is 9.89. The standard InChI is InChI=1S/C29H43N5O5/c1-31-29(30)33-22(13-16-34-17-15-32-20-34)5-4-8-25(36)24(14-18-35)26(37)11-9-21-10-12-27(38)28(19-21)39-23-6-2-3-7-23/h10,12,15,17,19-20,22-24,35,38H,2-9,11,13-14,16,18H2,1H3,(H3,30,31,33)/t22-,24-/m1/s1. The highest BCUT2D eigenvalue weighted by Crippen LogP contribution is 2.32. The quantitative estimate of drug-likeness (QED) is 0.135. The van der Waals surface area contributed by atoms with Crippen LogP contribution in [0.1, 0.15) is 69.8 Å². The van der Waals surface area contributed by atoms with Crippen LogP contribution in [-0.2, 0) is 22.6 Å². The van der Waals surface area contributed by atoms with E-state index in [0.29, 0.717) is 31.0 Å². The molecule has 0 saturated heterocycles. The number of aliphatic hydroxyl groups excluding tert-OH is 1. The summed E-state index contributed by atoms with van der Waals surface area (Å²) < 4.78 is 7.94. The number of aromatic nitrogens is 2. The van der Waals surface area contributed by atoms with E-state index >= 15 is 0 Å². The monoisotopic (exact) mass is 541 g/mol. The number of phenols is 1. The fourth-order valence-corrected chi connectivity index (χ4v) is 5.05. The van der Waals surface area contributed by atoms with Crippen molar-refractivity contribution in [3.05, 3.63) is 42.5 Å². The maximum atomic E-state index is 13.0. The van der Waals surface area contributed by atoms with Gasteiger partial charge in [0.15, 0.2) is 17.5 Å². The number of carbonyl (C=O) groups excluding carboxylic acids is 2. The van der Waals surface area contributed by atoms with E-state index in [1.165, 1.54) is 0 Å². The van der Waals surface area contributed by atoms with Gasteiger partial charge in [-0.05, 0) is 75.5 Å². The summed E-state index contributed by atoms with van der Waals surface area (Å²) in [6, 6.07) is 5.17. The average Bonchev–Trinajstić information content (AvgIpc) is 3.65. The van der Waals surface area contributed by atoms with Crippen LogP contribution in [-0.4, -0.2) is 63.1 Å². The van der Waals surface area contributed by atoms with Gasteiger partial charge >= 0.3 is 0 Å². The highest BCUT2D eigenvalue weighted by Gasteiger charge is 2.26. The van der Waals surface area contributed by atoms with Gasteiger partial charge in [-0.25, -0.2) is 4.98 Å². The third-order valence-corrected chi connectivity index (χ3v) is 7.34. The first kappa shape index (κ1) is 30.1. The van der Waals surface area contributed by atoms with Crippen LogP contribution in [0.2, 0.25) is 0 Å². The van der Waals surface area contributed by atoms with Gasteiger partial charge in [0.05, 0.1) is 18.3 Å². The molecule has 1 fully saturated rings. The molecule has 5 N–H and O–H groups in total. The zero-order chi connectivity index (χ0) is 28.0. The van der Waals surface area contributed by atoms with E-state index in [9.17, 15) is 19.8 Å². The van der Waals surface area contributed by atoms with Gasteiger partial charge in [-0.3, -0.25) is 14.6 Å². The number of ether oxygens (including phenoxy) is 1. The van der Waals surface area contributed by atoms with Gasteiger partial charge < -0.3 is 30.6 Å². The van der Waals surface area contributed by atoms with E-state index in [1.807, 2.05) is 10.8 Å². The average molecular weight is 542 g/mol. The van der Waals surface area contributed by atoms with Gasteiger partial charge in [-0.2, -0.15) is 0 Å². The van der Waals surface area contributed by atoms with Crippen molar-refractivity contribution in [2.45, 2.75) is 89.3 Å². The molecule has 0 unspecified atom stereocenters. The molecule has 214 valence electrons. The molecule has 1 aromatic carbocycles. The second-order valence-corrected chi connectivity index (χ2v) is 10.3. The maximum absolute atomic E-state index is 13.0. The number of ketones is 2. The lowest BCUT2D eigenvalue weighted by Gasteiger charge is -2.20. The first-order valence-electron chi connectivity index (χ1n) is 14.0. The smallest absolute Gasteiger partial charge is 0.188 e. The third-order valence-electron chi connectivity index (χ3n) is 7.34. The van der Waals surface area contributed by atoms with Crippen molar-refractivity contribution in [2.75, 3.05) is 13.7 Å². The Hall–Kier alpha value is -3.40. The van der Waals surface area contributed by atoms with E-state index in [-0.39, 0.29) is 55.3 Å². The maximum Gasteiger partial charge on any atom is 0.188 e. The number of carbonyl (C=O) groups is 2. The summed E-state index contributed by atoms with van der Waals surface area (Å²) in [6.45, 7) is 0.526. The highest BCUT2D eigenvalue weighted by molar-refractivity contribution is 6.02. The summed E-state index contributed by atoms with van der Waals surface area (Å²) in [5.41, 5.74) is 6.75. The molecule has 1 saturated carbocycles. The SMILES string of the molecule is CN=C(N)N[C@H](CCCC(=O)[C@@H](CCO)C(=O)CCc1ccc(O)c(OC2CCCC2)c1)CCn1ccnc1. The molecule has 0 bridgehead atoms. The molecule has 0 aliphatic heterocycles. The molecule has 1 heterocycles. The molecule has 2 atom stereocenters. The van der Waals surface area contributed by atoms with E-state index in [4.69, 9.17) is 10.5 Å². The lowest BCUT2D eigenvalue weighted by molar-refractivity contribution is -0.133. The highest BCUT2D eigenvalue weighted by atomic mass is 16.5. The van der Waals surface area contributed by atoms with Crippen molar-refractivity contribution in [2.24, 2.45) is 16.6 Å². The second kappa shape index (κ2) is 15.9. The Morgan fingerprint density at radius 2 is 1.97 bits per heavy atom. The number of benzene rings is 1. The number of aromatic hydroxyl groups is 1. The number of hydrogen-bond donors (Lipinski definition) is 4. The minimum atomic E-state index is -0.819. The molecule has 3 rings (SSSR count). The van der Waals surface area contributed by atoms with Gasteiger partial charge in [0.25, 0.3) is 0 Å². The summed E-state index contributed by atoms with van der Waals surface area (Å²) in [6.07, 6.45) is 12.8. The zero-order valence-corrected chi connectivity index (χ0v) is 22.9. The van der Waals surface area contributed by atoms with Crippen LogP contribution in [0.25, 0.3) is 0 Å². The number of Topliss-reactive ketones (excluding diaryl/α,β-unsaturated/α-hetero) is 2. The van der Waals surface area contributed by atoms with Gasteiger partial charge in [-0.1, -0.05) is 6.07 Å². The van der Waals surface area contributed by atoms with Crippen LogP contribution in [0.5, 0.6) is 11.5 Å². The zero-order valence-electron chi connectivity index (χ0n) is 22.9. The van der Waals surface area contributed by atoms with E-state index < -0.39 is 5.92 Å². The molecular weight excluding hydrogens is 498 g/mol. The Morgan fingerprint density at radius 3 is 2.67 bits per heavy atom. The van der Waals surface area contributed by atoms with E-state index in [1.54, 1.807) is 37.8 Å². The van der Waals surface area contributed by atoms with Crippen molar-refractivity contribution in [3.63, 3.8) is 0 Å². The fourth-order valence-electron chi connectivity index (χ4n) is 5.05. The molecule has 1 aliphatic carbocycles. The number of aliphatic imine (C=N–C) groups is 1. The van der Waals surface area contributed by atoms with Crippen LogP contribution in [0, 0.1) is 5.92 Å². The molecule has 10 heteroatoms. The summed E-state index contributed by atoms with van der Waals surface area (Å²) in [7, 11) is 1.62. The normalized spacial score (nSPS) is 15.7. The molecule has 0 spiro atoms. The Bertz CT molecular complexity index is 1070. The topological polar surface area (TPSA) is 152 Å². The third kappa shape index (κ3) is 10.0. The van der Waals surface area contributed by atoms with Crippen LogP contribution in [0.3, 0.4) is 0 Å². The number of phenolic OH excluding ortho intramolecular Hbond substituents is 1. The first-order valence-corrected chi connectivity index (χ1v) is 14.0. The first-order chi connectivity index (χ1) is 18.9. The molecule has 10 nitrogen and oxygen atoms in total. The van der Waals surface area contributed by atoms with Gasteiger partial charge in [0.2, 0.25) is 0 Å². The number of imidazole rings is 1.